The van der Waals surface area contributed by atoms with Crippen LogP contribution in [0.1, 0.15) is 18.4 Å². The molecule has 0 aliphatic carbocycles. The average Bonchev–Trinajstić information content (AvgIpc) is 2.39. The first-order valence-electron chi connectivity index (χ1n) is 6.35. The molecule has 1 aromatic rings. The molecule has 0 bridgehead atoms. The van der Waals surface area contributed by atoms with Crippen molar-refractivity contribution in [2.24, 2.45) is 0 Å². The summed E-state index contributed by atoms with van der Waals surface area (Å²) in [6.45, 7) is 1.64. The highest BCUT2D eigenvalue weighted by molar-refractivity contribution is 5.69. The number of hydrogen-bond donors (Lipinski definition) is 2. The molecule has 5 nitrogen and oxygen atoms in total. The standard InChI is InChI=1S/C14H19N3O2/c1-17(10-14(18)4-6-19-7-5-14)13-8-11(9-15)2-3-12(13)16/h2-3,8,18H,4-7,10,16H2,1H3. The molecule has 1 aliphatic heterocycles. The Morgan fingerprint density at radius 1 is 1.47 bits per heavy atom. The zero-order valence-electron chi connectivity index (χ0n) is 11.1. The molecular weight excluding hydrogens is 242 g/mol. The topological polar surface area (TPSA) is 82.5 Å². The van der Waals surface area contributed by atoms with Gasteiger partial charge in [0.25, 0.3) is 0 Å². The van der Waals surface area contributed by atoms with Gasteiger partial charge in [-0.2, -0.15) is 5.26 Å². The van der Waals surface area contributed by atoms with E-state index in [9.17, 15) is 5.11 Å². The van der Waals surface area contributed by atoms with Crippen LogP contribution in [0.25, 0.3) is 0 Å². The lowest BCUT2D eigenvalue weighted by molar-refractivity contribution is -0.0572. The third kappa shape index (κ3) is 3.16. The number of anilines is 2. The van der Waals surface area contributed by atoms with Gasteiger partial charge in [0.2, 0.25) is 0 Å². The summed E-state index contributed by atoms with van der Waals surface area (Å²) in [5.74, 6) is 0. The maximum Gasteiger partial charge on any atom is 0.0992 e. The number of likely N-dealkylation sites (N-methyl/N-ethyl adjacent to an activating group) is 1. The quantitative estimate of drug-likeness (QED) is 0.797. The zero-order valence-corrected chi connectivity index (χ0v) is 11.1. The first-order valence-corrected chi connectivity index (χ1v) is 6.35. The average molecular weight is 261 g/mol. The zero-order chi connectivity index (χ0) is 13.9. The fourth-order valence-electron chi connectivity index (χ4n) is 2.38. The van der Waals surface area contributed by atoms with Crippen LogP contribution < -0.4 is 10.6 Å². The van der Waals surface area contributed by atoms with Gasteiger partial charge < -0.3 is 20.5 Å². The number of benzene rings is 1. The van der Waals surface area contributed by atoms with Crippen molar-refractivity contribution >= 4 is 11.4 Å². The molecule has 5 heteroatoms. The summed E-state index contributed by atoms with van der Waals surface area (Å²) in [6.07, 6.45) is 1.24. The first-order chi connectivity index (χ1) is 9.04. The summed E-state index contributed by atoms with van der Waals surface area (Å²) in [7, 11) is 1.88. The summed E-state index contributed by atoms with van der Waals surface area (Å²) in [4.78, 5) is 1.90. The molecule has 1 heterocycles. The number of nitrogens with two attached hydrogens (primary N) is 1. The molecule has 1 fully saturated rings. The van der Waals surface area contributed by atoms with Crippen LogP contribution in [0, 0.1) is 11.3 Å². The van der Waals surface area contributed by atoms with Crippen LogP contribution >= 0.6 is 0 Å². The molecule has 0 spiro atoms. The van der Waals surface area contributed by atoms with Crippen LogP contribution in [-0.4, -0.2) is 37.5 Å². The van der Waals surface area contributed by atoms with Crippen molar-refractivity contribution in [1.29, 1.82) is 5.26 Å². The van der Waals surface area contributed by atoms with Crippen LogP contribution in [0.15, 0.2) is 18.2 Å². The summed E-state index contributed by atoms with van der Waals surface area (Å²) in [6, 6.07) is 7.26. The minimum absolute atomic E-state index is 0.482. The number of ether oxygens (including phenoxy) is 1. The Balaban J connectivity index is 2.15. The third-order valence-electron chi connectivity index (χ3n) is 3.53. The monoisotopic (exact) mass is 261 g/mol. The van der Waals surface area contributed by atoms with E-state index in [0.717, 1.165) is 5.69 Å². The molecule has 1 aliphatic rings. The van der Waals surface area contributed by atoms with Crippen LogP contribution in [0.4, 0.5) is 11.4 Å². The molecule has 1 saturated heterocycles. The maximum absolute atomic E-state index is 10.5. The van der Waals surface area contributed by atoms with E-state index in [1.165, 1.54) is 0 Å². The number of aliphatic hydroxyl groups is 1. The molecule has 1 aromatic carbocycles. The van der Waals surface area contributed by atoms with E-state index in [0.29, 0.717) is 43.9 Å². The lowest BCUT2D eigenvalue weighted by Gasteiger charge is -2.36. The van der Waals surface area contributed by atoms with E-state index in [1.807, 2.05) is 11.9 Å². The number of nitrogens with zero attached hydrogens (tertiary/aromatic N) is 2. The molecule has 2 rings (SSSR count). The summed E-state index contributed by atoms with van der Waals surface area (Å²) >= 11 is 0. The van der Waals surface area contributed by atoms with Crippen LogP contribution in [0.5, 0.6) is 0 Å². The smallest absolute Gasteiger partial charge is 0.0992 e. The Morgan fingerprint density at radius 2 is 2.16 bits per heavy atom. The fraction of sp³-hybridized carbons (Fsp3) is 0.500. The van der Waals surface area contributed by atoms with E-state index in [-0.39, 0.29) is 0 Å². The van der Waals surface area contributed by atoms with E-state index < -0.39 is 5.60 Å². The van der Waals surface area contributed by atoms with Crippen LogP contribution in [-0.2, 0) is 4.74 Å². The van der Waals surface area contributed by atoms with Gasteiger partial charge in [-0.3, -0.25) is 0 Å². The lowest BCUT2D eigenvalue weighted by Crippen LogP contribution is -2.45. The summed E-state index contributed by atoms with van der Waals surface area (Å²) in [5.41, 5.74) is 7.14. The second-order valence-electron chi connectivity index (χ2n) is 5.08. The van der Waals surface area contributed by atoms with Gasteiger partial charge in [-0.25, -0.2) is 0 Å². The molecule has 0 saturated carbocycles. The highest BCUT2D eigenvalue weighted by Gasteiger charge is 2.31. The van der Waals surface area contributed by atoms with Crippen LogP contribution in [0.3, 0.4) is 0 Å². The molecule has 0 radical (unpaired) electrons. The molecule has 3 N–H and O–H groups in total. The Labute approximate surface area is 113 Å². The Bertz CT molecular complexity index is 490. The Morgan fingerprint density at radius 3 is 2.79 bits per heavy atom. The van der Waals surface area contributed by atoms with Gasteiger partial charge in [0, 0.05) is 39.6 Å². The van der Waals surface area contributed by atoms with Gasteiger partial charge in [0.15, 0.2) is 0 Å². The maximum atomic E-state index is 10.5. The Kier molecular flexibility index (Phi) is 3.93. The predicted molar refractivity (Wildman–Crippen MR) is 73.8 cm³/mol. The third-order valence-corrected chi connectivity index (χ3v) is 3.53. The van der Waals surface area contributed by atoms with E-state index >= 15 is 0 Å². The van der Waals surface area contributed by atoms with E-state index in [4.69, 9.17) is 15.7 Å². The minimum Gasteiger partial charge on any atom is -0.397 e. The van der Waals surface area contributed by atoms with Gasteiger partial charge in [-0.05, 0) is 18.2 Å². The van der Waals surface area contributed by atoms with Gasteiger partial charge >= 0.3 is 0 Å². The van der Waals surface area contributed by atoms with Crippen molar-refractivity contribution < 1.29 is 9.84 Å². The lowest BCUT2D eigenvalue weighted by atomic mass is 9.93. The fourth-order valence-corrected chi connectivity index (χ4v) is 2.38. The normalized spacial score (nSPS) is 17.7. The molecule has 0 unspecified atom stereocenters. The van der Waals surface area contributed by atoms with Crippen molar-refractivity contribution in [3.05, 3.63) is 23.8 Å². The van der Waals surface area contributed by atoms with Crippen molar-refractivity contribution in [2.75, 3.05) is 37.4 Å². The molecule has 0 atom stereocenters. The number of nitrogen functional groups attached to an aromatic ring is 1. The Hall–Kier alpha value is -1.77. The summed E-state index contributed by atoms with van der Waals surface area (Å²) in [5, 5.41) is 19.4. The second kappa shape index (κ2) is 5.47. The molecular formula is C14H19N3O2. The molecule has 102 valence electrons. The first kappa shape index (κ1) is 13.7. The molecule has 0 amide bonds. The number of hydrogen-bond acceptors (Lipinski definition) is 5. The number of nitriles is 1. The summed E-state index contributed by atoms with van der Waals surface area (Å²) < 4.78 is 5.27. The van der Waals surface area contributed by atoms with E-state index in [1.54, 1.807) is 18.2 Å². The van der Waals surface area contributed by atoms with Crippen molar-refractivity contribution in [3.63, 3.8) is 0 Å². The highest BCUT2D eigenvalue weighted by Crippen LogP contribution is 2.28. The van der Waals surface area contributed by atoms with Crippen molar-refractivity contribution in [2.45, 2.75) is 18.4 Å². The second-order valence-corrected chi connectivity index (χ2v) is 5.08. The van der Waals surface area contributed by atoms with Gasteiger partial charge in [0.1, 0.15) is 0 Å². The predicted octanol–water partition coefficient (Wildman–Crippen LogP) is 1.12. The van der Waals surface area contributed by atoms with Gasteiger partial charge in [-0.1, -0.05) is 0 Å². The largest absolute Gasteiger partial charge is 0.397 e. The molecule has 19 heavy (non-hydrogen) atoms. The molecule has 0 aromatic heterocycles. The van der Waals surface area contributed by atoms with Crippen LogP contribution in [0.2, 0.25) is 0 Å². The van der Waals surface area contributed by atoms with Gasteiger partial charge in [-0.15, -0.1) is 0 Å². The SMILES string of the molecule is CN(CC1(O)CCOCC1)c1cc(C#N)ccc1N. The minimum atomic E-state index is -0.748. The van der Waals surface area contributed by atoms with Gasteiger partial charge in [0.05, 0.1) is 28.6 Å². The van der Waals surface area contributed by atoms with Crippen molar-refractivity contribution in [3.8, 4) is 6.07 Å². The van der Waals surface area contributed by atoms with Crippen molar-refractivity contribution in [1.82, 2.24) is 0 Å². The number of rotatable bonds is 3. The van der Waals surface area contributed by atoms with E-state index in [2.05, 4.69) is 6.07 Å². The highest BCUT2D eigenvalue weighted by atomic mass is 16.5.